The highest BCUT2D eigenvalue weighted by atomic mass is 16.5. The second kappa shape index (κ2) is 5.38. The molecule has 1 aromatic carbocycles. The predicted molar refractivity (Wildman–Crippen MR) is 86.9 cm³/mol. The molecule has 1 N–H and O–H groups in total. The molecule has 23 heavy (non-hydrogen) atoms. The lowest BCUT2D eigenvalue weighted by molar-refractivity contribution is -0.120. The lowest BCUT2D eigenvalue weighted by Gasteiger charge is -2.19. The summed E-state index contributed by atoms with van der Waals surface area (Å²) in [5.41, 5.74) is 1.83. The summed E-state index contributed by atoms with van der Waals surface area (Å²) in [6.45, 7) is 1.71. The van der Waals surface area contributed by atoms with E-state index in [0.717, 1.165) is 42.4 Å². The van der Waals surface area contributed by atoms with E-state index < -0.39 is 0 Å². The van der Waals surface area contributed by atoms with Crippen molar-refractivity contribution >= 4 is 22.6 Å². The number of carbonyl (C=O) groups excluding carboxylic acids is 1. The topological polar surface area (TPSA) is 63.7 Å². The van der Waals surface area contributed by atoms with Crippen molar-refractivity contribution in [1.29, 1.82) is 0 Å². The Morgan fingerprint density at radius 1 is 1.22 bits per heavy atom. The SMILES string of the molecule is COc1cc2cc3c(nc2cc1OC)NC(=O)[C@@H]1CCCN1C3. The number of hydrogen-bond donors (Lipinski definition) is 1. The average molecular weight is 313 g/mol. The van der Waals surface area contributed by atoms with E-state index in [0.29, 0.717) is 17.3 Å². The van der Waals surface area contributed by atoms with Crippen LogP contribution in [-0.4, -0.2) is 42.6 Å². The van der Waals surface area contributed by atoms with Crippen LogP contribution in [0.1, 0.15) is 18.4 Å². The predicted octanol–water partition coefficient (Wildman–Crippen LogP) is 2.17. The van der Waals surface area contributed by atoms with Crippen LogP contribution in [0.25, 0.3) is 10.9 Å². The molecule has 120 valence electrons. The van der Waals surface area contributed by atoms with Gasteiger partial charge in [0.1, 0.15) is 5.82 Å². The minimum Gasteiger partial charge on any atom is -0.493 e. The first kappa shape index (κ1) is 14.3. The number of aromatic nitrogens is 1. The number of carbonyl (C=O) groups is 1. The Labute approximate surface area is 134 Å². The first-order valence-electron chi connectivity index (χ1n) is 7.80. The second-order valence-electron chi connectivity index (χ2n) is 6.01. The molecule has 1 fully saturated rings. The molecule has 4 rings (SSSR count). The van der Waals surface area contributed by atoms with E-state index in [1.54, 1.807) is 14.2 Å². The van der Waals surface area contributed by atoms with Gasteiger partial charge < -0.3 is 14.8 Å². The molecule has 6 heteroatoms. The molecule has 1 atom stereocenters. The zero-order chi connectivity index (χ0) is 16.0. The molecule has 0 saturated carbocycles. The van der Waals surface area contributed by atoms with Crippen LogP contribution in [0, 0.1) is 0 Å². The van der Waals surface area contributed by atoms with Gasteiger partial charge in [0.15, 0.2) is 11.5 Å². The Morgan fingerprint density at radius 2 is 2.00 bits per heavy atom. The normalized spacial score (nSPS) is 20.6. The van der Waals surface area contributed by atoms with Crippen LogP contribution in [0.4, 0.5) is 5.82 Å². The molecular weight excluding hydrogens is 294 g/mol. The molecule has 0 radical (unpaired) electrons. The summed E-state index contributed by atoms with van der Waals surface area (Å²) in [5, 5.41) is 3.97. The molecule has 0 unspecified atom stereocenters. The number of rotatable bonds is 2. The Bertz CT molecular complexity index is 790. The zero-order valence-corrected chi connectivity index (χ0v) is 13.3. The maximum atomic E-state index is 12.4. The molecule has 3 heterocycles. The van der Waals surface area contributed by atoms with Gasteiger partial charge in [0.05, 0.1) is 25.8 Å². The first-order chi connectivity index (χ1) is 11.2. The van der Waals surface area contributed by atoms with Gasteiger partial charge >= 0.3 is 0 Å². The van der Waals surface area contributed by atoms with Crippen molar-refractivity contribution in [3.63, 3.8) is 0 Å². The fourth-order valence-electron chi connectivity index (χ4n) is 3.50. The number of nitrogens with zero attached hydrogens (tertiary/aromatic N) is 2. The van der Waals surface area contributed by atoms with Crippen molar-refractivity contribution in [1.82, 2.24) is 9.88 Å². The van der Waals surface area contributed by atoms with Gasteiger partial charge in [-0.1, -0.05) is 0 Å². The van der Waals surface area contributed by atoms with Crippen molar-refractivity contribution in [2.24, 2.45) is 0 Å². The molecule has 0 spiro atoms. The Kier molecular flexibility index (Phi) is 3.34. The highest BCUT2D eigenvalue weighted by molar-refractivity contribution is 5.97. The minimum absolute atomic E-state index is 0.0311. The van der Waals surface area contributed by atoms with Gasteiger partial charge in [-0.2, -0.15) is 0 Å². The fraction of sp³-hybridized carbons (Fsp3) is 0.412. The van der Waals surface area contributed by atoms with Crippen LogP contribution in [0.3, 0.4) is 0 Å². The summed E-state index contributed by atoms with van der Waals surface area (Å²) in [6, 6.07) is 5.82. The Hall–Kier alpha value is -2.34. The van der Waals surface area contributed by atoms with Gasteiger partial charge in [0, 0.05) is 23.6 Å². The first-order valence-corrected chi connectivity index (χ1v) is 7.80. The van der Waals surface area contributed by atoms with Crippen LogP contribution in [-0.2, 0) is 11.3 Å². The Morgan fingerprint density at radius 3 is 2.78 bits per heavy atom. The third-order valence-electron chi connectivity index (χ3n) is 4.68. The summed E-state index contributed by atoms with van der Waals surface area (Å²) >= 11 is 0. The van der Waals surface area contributed by atoms with Gasteiger partial charge in [-0.25, -0.2) is 4.98 Å². The highest BCUT2D eigenvalue weighted by Crippen LogP contribution is 2.35. The number of methoxy groups -OCH3 is 2. The molecule has 0 aliphatic carbocycles. The van der Waals surface area contributed by atoms with E-state index in [9.17, 15) is 4.79 Å². The van der Waals surface area contributed by atoms with Crippen LogP contribution in [0.5, 0.6) is 11.5 Å². The minimum atomic E-state index is -0.0311. The van der Waals surface area contributed by atoms with Gasteiger partial charge in [0.2, 0.25) is 5.91 Å². The van der Waals surface area contributed by atoms with Crippen molar-refractivity contribution in [3.05, 3.63) is 23.8 Å². The Balaban J connectivity index is 1.84. The van der Waals surface area contributed by atoms with Crippen molar-refractivity contribution in [2.75, 3.05) is 26.1 Å². The van der Waals surface area contributed by atoms with Gasteiger partial charge in [0.25, 0.3) is 0 Å². The number of fused-ring (bicyclic) bond motifs is 3. The molecule has 1 amide bonds. The van der Waals surface area contributed by atoms with Gasteiger partial charge in [-0.15, -0.1) is 0 Å². The van der Waals surface area contributed by atoms with Crippen LogP contribution < -0.4 is 14.8 Å². The van der Waals surface area contributed by atoms with Crippen LogP contribution in [0.2, 0.25) is 0 Å². The molecule has 2 aliphatic heterocycles. The molecule has 1 aromatic heterocycles. The summed E-state index contributed by atoms with van der Waals surface area (Å²) in [5.74, 6) is 2.02. The molecule has 6 nitrogen and oxygen atoms in total. The standard InChI is InChI=1S/C17H19N3O3/c1-22-14-7-10-6-11-9-20-5-3-4-13(20)17(21)19-16(11)18-12(10)8-15(14)23-2/h6-8,13H,3-5,9H2,1-2H3,(H,18,19,21)/t13-/m0/s1. The van der Waals surface area contributed by atoms with Gasteiger partial charge in [-0.05, 0) is 31.5 Å². The van der Waals surface area contributed by atoms with Crippen LogP contribution >= 0.6 is 0 Å². The number of ether oxygens (including phenoxy) is 2. The van der Waals surface area contributed by atoms with Crippen LogP contribution in [0.15, 0.2) is 18.2 Å². The van der Waals surface area contributed by atoms with Crippen molar-refractivity contribution < 1.29 is 14.3 Å². The summed E-state index contributed by atoms with van der Waals surface area (Å²) < 4.78 is 10.7. The third-order valence-corrected chi connectivity index (χ3v) is 4.68. The number of nitrogens with one attached hydrogen (secondary N) is 1. The molecule has 2 aromatic rings. The summed E-state index contributed by atoms with van der Waals surface area (Å²) in [7, 11) is 3.22. The number of pyridine rings is 1. The van der Waals surface area contributed by atoms with E-state index in [-0.39, 0.29) is 11.9 Å². The maximum Gasteiger partial charge on any atom is 0.242 e. The summed E-state index contributed by atoms with van der Waals surface area (Å²) in [6.07, 6.45) is 1.99. The maximum absolute atomic E-state index is 12.4. The van der Waals surface area contributed by atoms with E-state index in [1.807, 2.05) is 12.1 Å². The number of benzene rings is 1. The lowest BCUT2D eigenvalue weighted by Crippen LogP contribution is -2.36. The lowest BCUT2D eigenvalue weighted by atomic mass is 10.1. The smallest absolute Gasteiger partial charge is 0.242 e. The number of anilines is 1. The van der Waals surface area contributed by atoms with Crippen molar-refractivity contribution in [3.8, 4) is 11.5 Å². The quantitative estimate of drug-likeness (QED) is 0.920. The average Bonchev–Trinajstić information content (AvgIpc) is 2.97. The van der Waals surface area contributed by atoms with E-state index in [1.165, 1.54) is 0 Å². The van der Waals surface area contributed by atoms with E-state index in [2.05, 4.69) is 21.3 Å². The van der Waals surface area contributed by atoms with E-state index >= 15 is 0 Å². The largest absolute Gasteiger partial charge is 0.493 e. The second-order valence-corrected chi connectivity index (χ2v) is 6.01. The monoisotopic (exact) mass is 313 g/mol. The zero-order valence-electron chi connectivity index (χ0n) is 13.3. The molecule has 2 aliphatic rings. The number of hydrogen-bond acceptors (Lipinski definition) is 5. The van der Waals surface area contributed by atoms with Crippen molar-refractivity contribution in [2.45, 2.75) is 25.4 Å². The fourth-order valence-corrected chi connectivity index (χ4v) is 3.50. The summed E-state index contributed by atoms with van der Waals surface area (Å²) in [4.78, 5) is 19.3. The number of amides is 1. The van der Waals surface area contributed by atoms with Gasteiger partial charge in [-0.3, -0.25) is 9.69 Å². The highest BCUT2D eigenvalue weighted by Gasteiger charge is 2.34. The molecule has 1 saturated heterocycles. The van der Waals surface area contributed by atoms with E-state index in [4.69, 9.17) is 9.47 Å². The molecular formula is C17H19N3O3. The third kappa shape index (κ3) is 2.30. The molecule has 0 bridgehead atoms.